The fraction of sp³-hybridized carbons (Fsp3) is 0.200. The summed E-state index contributed by atoms with van der Waals surface area (Å²) >= 11 is 0. The molecule has 1 aliphatic rings. The minimum absolute atomic E-state index is 0.00126. The van der Waals surface area contributed by atoms with E-state index in [1.54, 1.807) is 11.8 Å². The van der Waals surface area contributed by atoms with Crippen molar-refractivity contribution in [2.45, 2.75) is 25.8 Å². The SMILES string of the molecule is CC(=O)N1CCc2ccccc2C1CC(=O)Nc1ccc(Nc2ccccc2)cc1. The molecule has 0 saturated heterocycles. The Kier molecular flexibility index (Phi) is 5.80. The van der Waals surface area contributed by atoms with E-state index in [0.717, 1.165) is 29.0 Å². The Morgan fingerprint density at radius 1 is 0.867 bits per heavy atom. The molecule has 2 N–H and O–H groups in total. The average molecular weight is 399 g/mol. The highest BCUT2D eigenvalue weighted by molar-refractivity contribution is 5.92. The van der Waals surface area contributed by atoms with Crippen LogP contribution in [0.15, 0.2) is 78.9 Å². The number of hydrogen-bond acceptors (Lipinski definition) is 3. The third-order valence-electron chi connectivity index (χ3n) is 5.43. The number of carbonyl (C=O) groups is 2. The minimum Gasteiger partial charge on any atom is -0.356 e. The molecule has 0 aliphatic carbocycles. The summed E-state index contributed by atoms with van der Waals surface area (Å²) in [5.41, 5.74) is 4.97. The number of benzene rings is 3. The van der Waals surface area contributed by atoms with Crippen LogP contribution in [0.3, 0.4) is 0 Å². The molecule has 3 aromatic rings. The van der Waals surface area contributed by atoms with Gasteiger partial charge in [-0.1, -0.05) is 42.5 Å². The third-order valence-corrected chi connectivity index (χ3v) is 5.43. The van der Waals surface area contributed by atoms with Crippen molar-refractivity contribution in [3.63, 3.8) is 0 Å². The molecule has 5 nitrogen and oxygen atoms in total. The summed E-state index contributed by atoms with van der Waals surface area (Å²) in [7, 11) is 0. The van der Waals surface area contributed by atoms with Crippen LogP contribution in [0.25, 0.3) is 0 Å². The molecule has 0 saturated carbocycles. The molecular weight excluding hydrogens is 374 g/mol. The summed E-state index contributed by atoms with van der Waals surface area (Å²) in [6, 6.07) is 25.4. The highest BCUT2D eigenvalue weighted by Crippen LogP contribution is 2.32. The van der Waals surface area contributed by atoms with Crippen molar-refractivity contribution in [3.05, 3.63) is 90.0 Å². The lowest BCUT2D eigenvalue weighted by atomic mass is 9.90. The van der Waals surface area contributed by atoms with Crippen LogP contribution in [0.1, 0.15) is 30.5 Å². The molecule has 0 bridgehead atoms. The second-order valence-corrected chi connectivity index (χ2v) is 7.50. The molecule has 1 unspecified atom stereocenters. The van der Waals surface area contributed by atoms with Gasteiger partial charge in [-0.15, -0.1) is 0 Å². The van der Waals surface area contributed by atoms with Crippen molar-refractivity contribution in [3.8, 4) is 0 Å². The Morgan fingerprint density at radius 2 is 1.50 bits per heavy atom. The van der Waals surface area contributed by atoms with Crippen LogP contribution >= 0.6 is 0 Å². The van der Waals surface area contributed by atoms with Crippen molar-refractivity contribution in [2.75, 3.05) is 17.2 Å². The van der Waals surface area contributed by atoms with E-state index in [9.17, 15) is 9.59 Å². The van der Waals surface area contributed by atoms with Crippen LogP contribution in [0, 0.1) is 0 Å². The standard InChI is InChI=1S/C25H25N3O2/c1-18(29)28-16-15-19-7-5-6-10-23(19)24(28)17-25(30)27-22-13-11-21(12-14-22)26-20-8-3-2-4-9-20/h2-14,24,26H,15-17H2,1H3,(H,27,30). The van der Waals surface area contributed by atoms with E-state index in [0.29, 0.717) is 6.54 Å². The van der Waals surface area contributed by atoms with Gasteiger partial charge < -0.3 is 15.5 Å². The summed E-state index contributed by atoms with van der Waals surface area (Å²) in [5, 5.41) is 6.29. The number of para-hydroxylation sites is 1. The van der Waals surface area contributed by atoms with Gasteiger partial charge >= 0.3 is 0 Å². The summed E-state index contributed by atoms with van der Waals surface area (Å²) in [6.45, 7) is 2.21. The lowest BCUT2D eigenvalue weighted by Gasteiger charge is -2.36. The van der Waals surface area contributed by atoms with Gasteiger partial charge in [-0.3, -0.25) is 9.59 Å². The van der Waals surface area contributed by atoms with Crippen LogP contribution in [0.2, 0.25) is 0 Å². The van der Waals surface area contributed by atoms with E-state index in [4.69, 9.17) is 0 Å². The van der Waals surface area contributed by atoms with Crippen LogP contribution in [0.5, 0.6) is 0 Å². The highest BCUT2D eigenvalue weighted by atomic mass is 16.2. The molecule has 1 aliphatic heterocycles. The van der Waals surface area contributed by atoms with Crippen LogP contribution < -0.4 is 10.6 Å². The number of anilines is 3. The molecule has 152 valence electrons. The van der Waals surface area contributed by atoms with E-state index in [1.165, 1.54) is 5.56 Å². The smallest absolute Gasteiger partial charge is 0.226 e. The summed E-state index contributed by atoms with van der Waals surface area (Å²) in [6.07, 6.45) is 1.06. The molecule has 0 fully saturated rings. The maximum Gasteiger partial charge on any atom is 0.226 e. The van der Waals surface area contributed by atoms with Gasteiger partial charge in [0.05, 0.1) is 12.5 Å². The monoisotopic (exact) mass is 399 g/mol. The van der Waals surface area contributed by atoms with Crippen LogP contribution in [-0.2, 0) is 16.0 Å². The first kappa shape index (κ1) is 19.7. The third kappa shape index (κ3) is 4.51. The van der Waals surface area contributed by atoms with Crippen molar-refractivity contribution in [1.29, 1.82) is 0 Å². The number of nitrogens with zero attached hydrogens (tertiary/aromatic N) is 1. The lowest BCUT2D eigenvalue weighted by molar-refractivity contribution is -0.132. The number of nitrogens with one attached hydrogen (secondary N) is 2. The molecule has 5 heteroatoms. The van der Waals surface area contributed by atoms with Gasteiger partial charge in [0.15, 0.2) is 0 Å². The van der Waals surface area contributed by atoms with Gasteiger partial charge in [-0.05, 0) is 53.9 Å². The second-order valence-electron chi connectivity index (χ2n) is 7.50. The zero-order chi connectivity index (χ0) is 20.9. The topological polar surface area (TPSA) is 61.4 Å². The molecule has 1 heterocycles. The molecule has 30 heavy (non-hydrogen) atoms. The molecule has 0 aromatic heterocycles. The molecular formula is C25H25N3O2. The number of rotatable bonds is 5. The Morgan fingerprint density at radius 3 is 2.23 bits per heavy atom. The average Bonchev–Trinajstić information content (AvgIpc) is 2.76. The first-order valence-corrected chi connectivity index (χ1v) is 10.2. The van der Waals surface area contributed by atoms with Gasteiger partial charge in [-0.2, -0.15) is 0 Å². The van der Waals surface area contributed by atoms with Gasteiger partial charge in [0, 0.05) is 30.5 Å². The van der Waals surface area contributed by atoms with Gasteiger partial charge in [0.2, 0.25) is 11.8 Å². The number of fused-ring (bicyclic) bond motifs is 1. The minimum atomic E-state index is -0.230. The first-order chi connectivity index (χ1) is 14.6. The molecule has 4 rings (SSSR count). The van der Waals surface area contributed by atoms with E-state index in [1.807, 2.05) is 72.8 Å². The van der Waals surface area contributed by atoms with Gasteiger partial charge in [0.1, 0.15) is 0 Å². The van der Waals surface area contributed by atoms with Crippen molar-refractivity contribution >= 4 is 28.9 Å². The molecule has 0 radical (unpaired) electrons. The fourth-order valence-corrected chi connectivity index (χ4v) is 3.96. The Bertz CT molecular complexity index is 1030. The Hall–Kier alpha value is -3.60. The maximum atomic E-state index is 12.8. The van der Waals surface area contributed by atoms with Gasteiger partial charge in [-0.25, -0.2) is 0 Å². The number of hydrogen-bond donors (Lipinski definition) is 2. The zero-order valence-electron chi connectivity index (χ0n) is 17.0. The zero-order valence-corrected chi connectivity index (χ0v) is 17.0. The molecule has 1 atom stereocenters. The first-order valence-electron chi connectivity index (χ1n) is 10.2. The van der Waals surface area contributed by atoms with Crippen LogP contribution in [-0.4, -0.2) is 23.3 Å². The molecule has 0 spiro atoms. The van der Waals surface area contributed by atoms with E-state index in [-0.39, 0.29) is 24.3 Å². The Labute approximate surface area is 176 Å². The normalized spacial score (nSPS) is 15.2. The van der Waals surface area contributed by atoms with Gasteiger partial charge in [0.25, 0.3) is 0 Å². The predicted octanol–water partition coefficient (Wildman–Crippen LogP) is 4.90. The summed E-state index contributed by atoms with van der Waals surface area (Å²) in [5.74, 6) is -0.106. The second kappa shape index (κ2) is 8.82. The van der Waals surface area contributed by atoms with E-state index in [2.05, 4.69) is 16.7 Å². The molecule has 2 amide bonds. The number of carbonyl (C=O) groups excluding carboxylic acids is 2. The summed E-state index contributed by atoms with van der Waals surface area (Å²) < 4.78 is 0. The number of amides is 2. The molecule has 3 aromatic carbocycles. The van der Waals surface area contributed by atoms with Crippen molar-refractivity contribution in [1.82, 2.24) is 4.90 Å². The van der Waals surface area contributed by atoms with Crippen LogP contribution in [0.4, 0.5) is 17.1 Å². The maximum absolute atomic E-state index is 12.8. The Balaban J connectivity index is 1.43. The fourth-order valence-electron chi connectivity index (χ4n) is 3.96. The lowest BCUT2D eigenvalue weighted by Crippen LogP contribution is -2.40. The van der Waals surface area contributed by atoms with Crippen molar-refractivity contribution < 1.29 is 9.59 Å². The van der Waals surface area contributed by atoms with E-state index < -0.39 is 0 Å². The largest absolute Gasteiger partial charge is 0.356 e. The highest BCUT2D eigenvalue weighted by Gasteiger charge is 2.30. The predicted molar refractivity (Wildman–Crippen MR) is 120 cm³/mol. The summed E-state index contributed by atoms with van der Waals surface area (Å²) in [4.78, 5) is 26.7. The van der Waals surface area contributed by atoms with Crippen molar-refractivity contribution in [2.24, 2.45) is 0 Å². The van der Waals surface area contributed by atoms with E-state index >= 15 is 0 Å². The quantitative estimate of drug-likeness (QED) is 0.641.